The van der Waals surface area contributed by atoms with Crippen LogP contribution in [-0.2, 0) is 17.8 Å². The molecule has 3 rings (SSSR count). The Hall–Kier alpha value is -2.47. The molecule has 2 aromatic rings. The van der Waals surface area contributed by atoms with Gasteiger partial charge in [0.1, 0.15) is 24.2 Å². The zero-order valence-corrected chi connectivity index (χ0v) is 13.5. The first kappa shape index (κ1) is 16.4. The molecule has 1 aliphatic heterocycles. The van der Waals surface area contributed by atoms with Crippen molar-refractivity contribution in [2.24, 2.45) is 0 Å². The quantitative estimate of drug-likeness (QED) is 0.730. The second-order valence-electron chi connectivity index (χ2n) is 5.67. The van der Waals surface area contributed by atoms with Crippen LogP contribution in [0.3, 0.4) is 0 Å². The number of hydrogen-bond acceptors (Lipinski definition) is 4. The van der Waals surface area contributed by atoms with E-state index >= 15 is 0 Å². The smallest absolute Gasteiger partial charge is 0.314 e. The summed E-state index contributed by atoms with van der Waals surface area (Å²) in [6.45, 7) is 2.09. The molecule has 0 unspecified atom stereocenters. The summed E-state index contributed by atoms with van der Waals surface area (Å²) in [5, 5.41) is 5.65. The molecule has 2 heterocycles. The molecule has 1 aliphatic rings. The molecule has 1 aromatic carbocycles. The van der Waals surface area contributed by atoms with E-state index in [9.17, 15) is 4.79 Å². The molecule has 2 N–H and O–H groups in total. The molecule has 6 heteroatoms. The van der Waals surface area contributed by atoms with Gasteiger partial charge in [0.2, 0.25) is 0 Å². The van der Waals surface area contributed by atoms with E-state index in [1.54, 1.807) is 6.26 Å². The molecule has 6 nitrogen and oxygen atoms in total. The zero-order valence-electron chi connectivity index (χ0n) is 13.5. The molecule has 0 aliphatic carbocycles. The van der Waals surface area contributed by atoms with E-state index in [1.807, 2.05) is 30.3 Å². The predicted octanol–water partition coefficient (Wildman–Crippen LogP) is 2.49. The number of para-hydroxylation sites is 1. The van der Waals surface area contributed by atoms with Gasteiger partial charge in [0.15, 0.2) is 0 Å². The van der Waals surface area contributed by atoms with Crippen LogP contribution in [0.2, 0.25) is 0 Å². The van der Waals surface area contributed by atoms with Crippen LogP contribution in [0.25, 0.3) is 0 Å². The average molecular weight is 330 g/mol. The monoisotopic (exact) mass is 330 g/mol. The Balaban J connectivity index is 1.22. The SMILES string of the molecule is O=C(NCCCOCc1ccco1)NC[C@@H]1Cc2ccccc2O1. The maximum absolute atomic E-state index is 11.8. The fraction of sp³-hybridized carbons (Fsp3) is 0.389. The molecular formula is C18H22N2O4. The van der Waals surface area contributed by atoms with Gasteiger partial charge in [-0.2, -0.15) is 0 Å². The average Bonchev–Trinajstić information content (AvgIpc) is 3.25. The minimum atomic E-state index is -0.180. The fourth-order valence-corrected chi connectivity index (χ4v) is 2.58. The highest BCUT2D eigenvalue weighted by Gasteiger charge is 2.22. The highest BCUT2D eigenvalue weighted by Crippen LogP contribution is 2.27. The van der Waals surface area contributed by atoms with Gasteiger partial charge in [-0.05, 0) is 30.2 Å². The summed E-state index contributed by atoms with van der Waals surface area (Å²) in [5.41, 5.74) is 1.19. The van der Waals surface area contributed by atoms with E-state index in [4.69, 9.17) is 13.9 Å². The lowest BCUT2D eigenvalue weighted by Crippen LogP contribution is -2.41. The summed E-state index contributed by atoms with van der Waals surface area (Å²) in [4.78, 5) is 11.8. The lowest BCUT2D eigenvalue weighted by Gasteiger charge is -2.12. The van der Waals surface area contributed by atoms with Crippen molar-refractivity contribution in [3.05, 3.63) is 54.0 Å². The van der Waals surface area contributed by atoms with Crippen LogP contribution in [0.4, 0.5) is 4.79 Å². The predicted molar refractivity (Wildman–Crippen MR) is 88.9 cm³/mol. The Morgan fingerprint density at radius 2 is 2.12 bits per heavy atom. The first-order valence-corrected chi connectivity index (χ1v) is 8.17. The van der Waals surface area contributed by atoms with E-state index in [2.05, 4.69) is 16.7 Å². The van der Waals surface area contributed by atoms with Crippen LogP contribution in [0, 0.1) is 0 Å². The van der Waals surface area contributed by atoms with Crippen molar-refractivity contribution in [1.82, 2.24) is 10.6 Å². The highest BCUT2D eigenvalue weighted by molar-refractivity contribution is 5.73. The van der Waals surface area contributed by atoms with Gasteiger partial charge < -0.3 is 24.5 Å². The number of ether oxygens (including phenoxy) is 2. The van der Waals surface area contributed by atoms with Crippen LogP contribution < -0.4 is 15.4 Å². The standard InChI is InChI=1S/C18H22N2O4/c21-18(19-8-4-9-22-13-15-6-3-10-23-15)20-12-16-11-14-5-1-2-7-17(14)24-16/h1-3,5-7,10,16H,4,8-9,11-13H2,(H2,19,20,21)/t16-/m0/s1. The molecule has 2 amide bonds. The van der Waals surface area contributed by atoms with Crippen molar-refractivity contribution in [2.45, 2.75) is 25.6 Å². The third-order valence-corrected chi connectivity index (χ3v) is 3.78. The van der Waals surface area contributed by atoms with Gasteiger partial charge in [0.25, 0.3) is 0 Å². The minimum Gasteiger partial charge on any atom is -0.488 e. The van der Waals surface area contributed by atoms with E-state index in [1.165, 1.54) is 5.56 Å². The normalized spacial score (nSPS) is 15.6. The summed E-state index contributed by atoms with van der Waals surface area (Å²) >= 11 is 0. The van der Waals surface area contributed by atoms with E-state index in [-0.39, 0.29) is 12.1 Å². The molecule has 0 bridgehead atoms. The molecule has 1 atom stereocenters. The Morgan fingerprint density at radius 3 is 2.96 bits per heavy atom. The molecule has 0 spiro atoms. The van der Waals surface area contributed by atoms with E-state index in [0.29, 0.717) is 26.3 Å². The molecule has 0 saturated carbocycles. The lowest BCUT2D eigenvalue weighted by molar-refractivity contribution is 0.104. The minimum absolute atomic E-state index is 0.00443. The largest absolute Gasteiger partial charge is 0.488 e. The Bertz CT molecular complexity index is 617. The van der Waals surface area contributed by atoms with Gasteiger partial charge in [0, 0.05) is 19.6 Å². The van der Waals surface area contributed by atoms with Crippen molar-refractivity contribution in [2.75, 3.05) is 19.7 Å². The van der Waals surface area contributed by atoms with Crippen LogP contribution in [-0.4, -0.2) is 31.8 Å². The van der Waals surface area contributed by atoms with Gasteiger partial charge >= 0.3 is 6.03 Å². The molecule has 0 radical (unpaired) electrons. The number of amides is 2. The number of urea groups is 1. The van der Waals surface area contributed by atoms with Crippen molar-refractivity contribution in [3.8, 4) is 5.75 Å². The molecule has 0 fully saturated rings. The molecule has 128 valence electrons. The number of carbonyl (C=O) groups is 1. The molecule has 24 heavy (non-hydrogen) atoms. The number of hydrogen-bond donors (Lipinski definition) is 2. The summed E-state index contributed by atoms with van der Waals surface area (Å²) < 4.78 is 16.4. The van der Waals surface area contributed by atoms with Crippen LogP contribution >= 0.6 is 0 Å². The van der Waals surface area contributed by atoms with Gasteiger partial charge in [-0.1, -0.05) is 18.2 Å². The number of fused-ring (bicyclic) bond motifs is 1. The third kappa shape index (κ3) is 4.76. The second-order valence-corrected chi connectivity index (χ2v) is 5.67. The molecule has 0 saturated heterocycles. The van der Waals surface area contributed by atoms with Crippen LogP contribution in [0.5, 0.6) is 5.75 Å². The topological polar surface area (TPSA) is 72.7 Å². The number of furan rings is 1. The maximum atomic E-state index is 11.8. The third-order valence-electron chi connectivity index (χ3n) is 3.78. The highest BCUT2D eigenvalue weighted by atomic mass is 16.5. The van der Waals surface area contributed by atoms with Crippen LogP contribution in [0.15, 0.2) is 47.1 Å². The Kier molecular flexibility index (Phi) is 5.74. The zero-order chi connectivity index (χ0) is 16.6. The van der Waals surface area contributed by atoms with Crippen molar-refractivity contribution >= 4 is 6.03 Å². The summed E-state index contributed by atoms with van der Waals surface area (Å²) in [5.74, 6) is 1.72. The van der Waals surface area contributed by atoms with Gasteiger partial charge in [-0.3, -0.25) is 0 Å². The summed E-state index contributed by atoms with van der Waals surface area (Å²) in [6.07, 6.45) is 3.21. The first-order valence-electron chi connectivity index (χ1n) is 8.17. The molecular weight excluding hydrogens is 308 g/mol. The van der Waals surface area contributed by atoms with Crippen LogP contribution in [0.1, 0.15) is 17.7 Å². The first-order chi connectivity index (χ1) is 11.8. The lowest BCUT2D eigenvalue weighted by atomic mass is 10.1. The van der Waals surface area contributed by atoms with E-state index in [0.717, 1.165) is 24.4 Å². The molecule has 1 aromatic heterocycles. The number of nitrogens with one attached hydrogen (secondary N) is 2. The van der Waals surface area contributed by atoms with Crippen molar-refractivity contribution in [3.63, 3.8) is 0 Å². The summed E-state index contributed by atoms with van der Waals surface area (Å²) in [7, 11) is 0. The Labute approximate surface area is 141 Å². The second kappa shape index (κ2) is 8.40. The summed E-state index contributed by atoms with van der Waals surface area (Å²) in [6, 6.07) is 11.5. The maximum Gasteiger partial charge on any atom is 0.314 e. The number of rotatable bonds is 8. The Morgan fingerprint density at radius 1 is 1.21 bits per heavy atom. The van der Waals surface area contributed by atoms with Gasteiger partial charge in [-0.15, -0.1) is 0 Å². The van der Waals surface area contributed by atoms with Crippen molar-refractivity contribution < 1.29 is 18.7 Å². The van der Waals surface area contributed by atoms with Gasteiger partial charge in [0.05, 0.1) is 12.8 Å². The van der Waals surface area contributed by atoms with Gasteiger partial charge in [-0.25, -0.2) is 4.79 Å². The fourth-order valence-electron chi connectivity index (χ4n) is 2.58. The van der Waals surface area contributed by atoms with E-state index < -0.39 is 0 Å². The number of carbonyl (C=O) groups excluding carboxylic acids is 1. The van der Waals surface area contributed by atoms with Crippen molar-refractivity contribution in [1.29, 1.82) is 0 Å². The number of benzene rings is 1.